The lowest BCUT2D eigenvalue weighted by molar-refractivity contribution is -0.138. The van der Waals surface area contributed by atoms with Gasteiger partial charge in [0.05, 0.1) is 6.26 Å². The summed E-state index contributed by atoms with van der Waals surface area (Å²) in [4.78, 5) is 12.3. The smallest absolute Gasteiger partial charge is 0.319 e. The van der Waals surface area contributed by atoms with Crippen LogP contribution in [0.25, 0.3) is 0 Å². The van der Waals surface area contributed by atoms with Crippen LogP contribution in [0.3, 0.4) is 0 Å². The van der Waals surface area contributed by atoms with Crippen LogP contribution in [-0.4, -0.2) is 50.4 Å². The van der Waals surface area contributed by atoms with E-state index in [1.165, 1.54) is 0 Å². The summed E-state index contributed by atoms with van der Waals surface area (Å²) in [7, 11) is -3.43. The summed E-state index contributed by atoms with van der Waals surface area (Å²) in [6.07, 6.45) is 0.943. The highest BCUT2D eigenvalue weighted by molar-refractivity contribution is 7.88. The Bertz CT molecular complexity index is 263. The van der Waals surface area contributed by atoms with Gasteiger partial charge in [0.2, 0.25) is 10.0 Å². The van der Waals surface area contributed by atoms with Gasteiger partial charge in [0.25, 0.3) is 0 Å². The maximum absolute atomic E-state index is 10.7. The summed E-state index contributed by atoms with van der Waals surface area (Å²) in [6, 6.07) is 0. The molecule has 0 heterocycles. The van der Waals surface area contributed by atoms with Gasteiger partial charge >= 0.3 is 5.97 Å². The van der Waals surface area contributed by atoms with Crippen molar-refractivity contribution in [1.82, 2.24) is 9.84 Å². The van der Waals surface area contributed by atoms with Crippen LogP contribution in [0.2, 0.25) is 0 Å². The molecular weight excluding hydrogens is 198 g/mol. The number of hydrogen-bond acceptors (Lipinski definition) is 5. The molecule has 0 aliphatic heterocycles. The minimum absolute atomic E-state index is 0.152. The van der Waals surface area contributed by atoms with Crippen molar-refractivity contribution in [3.63, 3.8) is 0 Å². The van der Waals surface area contributed by atoms with Gasteiger partial charge in [-0.1, -0.05) is 0 Å². The van der Waals surface area contributed by atoms with Crippen molar-refractivity contribution in [3.8, 4) is 0 Å². The molecule has 4 N–H and O–H groups in total. The predicted octanol–water partition coefficient (Wildman–Crippen LogP) is -2.20. The molecule has 0 aliphatic carbocycles. The fraction of sp³-hybridized carbons (Fsp3) is 0.800. The molecule has 8 heteroatoms. The number of carbonyl (C=O) groups is 1. The Morgan fingerprint density at radius 2 is 2.15 bits per heavy atom. The summed E-state index contributed by atoms with van der Waals surface area (Å²) < 4.78 is 21.4. The second kappa shape index (κ2) is 5.12. The third kappa shape index (κ3) is 7.65. The molecule has 78 valence electrons. The lowest BCUT2D eigenvalue weighted by atomic mass is 10.5. The second-order valence-corrected chi connectivity index (χ2v) is 4.19. The standard InChI is InChI=1S/C5H13N3O4S/c1-13(11,12)7-8(3-2-6)4-5(9)10/h7H,2-4,6H2,1H3,(H,9,10). The maximum Gasteiger partial charge on any atom is 0.319 e. The number of nitrogens with one attached hydrogen (secondary N) is 1. The molecule has 0 spiro atoms. The summed E-state index contributed by atoms with van der Waals surface area (Å²) >= 11 is 0. The van der Waals surface area contributed by atoms with Crippen molar-refractivity contribution < 1.29 is 18.3 Å². The van der Waals surface area contributed by atoms with Gasteiger partial charge in [0, 0.05) is 13.1 Å². The molecule has 0 aliphatic rings. The molecule has 0 unspecified atom stereocenters. The molecule has 0 amide bonds. The van der Waals surface area contributed by atoms with Crippen LogP contribution in [0.1, 0.15) is 0 Å². The van der Waals surface area contributed by atoms with Gasteiger partial charge in [-0.3, -0.25) is 4.79 Å². The summed E-state index contributed by atoms with van der Waals surface area (Å²) in [5, 5.41) is 9.42. The normalized spacial score (nSPS) is 11.9. The van der Waals surface area contributed by atoms with Crippen molar-refractivity contribution >= 4 is 16.0 Å². The average Bonchev–Trinajstić information content (AvgIpc) is 1.81. The Morgan fingerprint density at radius 3 is 2.46 bits per heavy atom. The summed E-state index contributed by atoms with van der Waals surface area (Å²) in [5.41, 5.74) is 5.15. The van der Waals surface area contributed by atoms with Gasteiger partial charge in [0.15, 0.2) is 0 Å². The Labute approximate surface area is 76.5 Å². The minimum Gasteiger partial charge on any atom is -0.480 e. The van der Waals surface area contributed by atoms with Crippen LogP contribution >= 0.6 is 0 Å². The molecule has 0 aromatic carbocycles. The number of rotatable bonds is 6. The van der Waals surface area contributed by atoms with Crippen LogP contribution in [0, 0.1) is 0 Å². The van der Waals surface area contributed by atoms with Gasteiger partial charge in [0.1, 0.15) is 6.54 Å². The number of nitrogens with zero attached hydrogens (tertiary/aromatic N) is 1. The zero-order chi connectivity index (χ0) is 10.5. The van der Waals surface area contributed by atoms with Crippen LogP contribution in [-0.2, 0) is 14.8 Å². The van der Waals surface area contributed by atoms with Crippen LogP contribution in [0.15, 0.2) is 0 Å². The molecule has 0 saturated heterocycles. The van der Waals surface area contributed by atoms with Gasteiger partial charge < -0.3 is 10.8 Å². The third-order valence-electron chi connectivity index (χ3n) is 1.02. The fourth-order valence-electron chi connectivity index (χ4n) is 0.711. The lowest BCUT2D eigenvalue weighted by Gasteiger charge is -2.18. The first-order valence-electron chi connectivity index (χ1n) is 3.49. The molecule has 13 heavy (non-hydrogen) atoms. The molecule has 0 radical (unpaired) electrons. The summed E-state index contributed by atoms with van der Waals surface area (Å²) in [5.74, 6) is -1.12. The Morgan fingerprint density at radius 1 is 1.62 bits per heavy atom. The molecule has 0 aromatic heterocycles. The molecule has 0 atom stereocenters. The molecule has 0 rings (SSSR count). The van der Waals surface area contributed by atoms with E-state index in [1.807, 2.05) is 4.83 Å². The number of carboxylic acid groups (broad SMARTS) is 1. The third-order valence-corrected chi connectivity index (χ3v) is 1.61. The number of nitrogens with two attached hydrogens (primary N) is 1. The minimum atomic E-state index is -3.43. The molecule has 0 saturated carbocycles. The topological polar surface area (TPSA) is 113 Å². The van der Waals surface area contributed by atoms with Crippen LogP contribution in [0.5, 0.6) is 0 Å². The number of carboxylic acids is 1. The maximum atomic E-state index is 10.7. The van der Waals surface area contributed by atoms with Crippen molar-refractivity contribution in [2.45, 2.75) is 0 Å². The van der Waals surface area contributed by atoms with Crippen molar-refractivity contribution in [1.29, 1.82) is 0 Å². The van der Waals surface area contributed by atoms with E-state index in [1.54, 1.807) is 0 Å². The first-order chi connectivity index (χ1) is 5.85. The number of sulfonamides is 1. The van der Waals surface area contributed by atoms with Crippen molar-refractivity contribution in [2.24, 2.45) is 5.73 Å². The Balaban J connectivity index is 4.17. The van der Waals surface area contributed by atoms with E-state index >= 15 is 0 Å². The zero-order valence-corrected chi connectivity index (χ0v) is 8.04. The largest absolute Gasteiger partial charge is 0.480 e. The summed E-state index contributed by atoms with van der Waals surface area (Å²) in [6.45, 7) is -0.0839. The first kappa shape index (κ1) is 12.3. The predicted molar refractivity (Wildman–Crippen MR) is 46.2 cm³/mol. The molecular formula is C5H13N3O4S. The van der Waals surface area contributed by atoms with E-state index in [0.717, 1.165) is 11.3 Å². The number of hydrogen-bond donors (Lipinski definition) is 3. The van der Waals surface area contributed by atoms with Gasteiger partial charge in [-0.25, -0.2) is 13.4 Å². The SMILES string of the molecule is CS(=O)(=O)NN(CCN)CC(=O)O. The van der Waals surface area contributed by atoms with E-state index in [4.69, 9.17) is 10.8 Å². The quantitative estimate of drug-likeness (QED) is 0.430. The van der Waals surface area contributed by atoms with Crippen molar-refractivity contribution in [2.75, 3.05) is 25.9 Å². The Hall–Kier alpha value is -0.700. The van der Waals surface area contributed by atoms with Crippen LogP contribution < -0.4 is 10.6 Å². The molecule has 0 bridgehead atoms. The Kier molecular flexibility index (Phi) is 4.85. The first-order valence-corrected chi connectivity index (χ1v) is 5.38. The fourth-order valence-corrected chi connectivity index (χ4v) is 1.34. The lowest BCUT2D eigenvalue weighted by Crippen LogP contribution is -2.46. The highest BCUT2D eigenvalue weighted by Gasteiger charge is 2.12. The number of hydrazine groups is 1. The molecule has 7 nitrogen and oxygen atoms in total. The van der Waals surface area contributed by atoms with Crippen LogP contribution in [0.4, 0.5) is 0 Å². The monoisotopic (exact) mass is 211 g/mol. The average molecular weight is 211 g/mol. The van der Waals surface area contributed by atoms with E-state index in [0.29, 0.717) is 0 Å². The highest BCUT2D eigenvalue weighted by atomic mass is 32.2. The van der Waals surface area contributed by atoms with E-state index < -0.39 is 22.5 Å². The van der Waals surface area contributed by atoms with Gasteiger partial charge in [-0.05, 0) is 0 Å². The van der Waals surface area contributed by atoms with Gasteiger partial charge in [-0.15, -0.1) is 4.83 Å². The highest BCUT2D eigenvalue weighted by Crippen LogP contribution is 1.84. The molecule has 0 fully saturated rings. The zero-order valence-electron chi connectivity index (χ0n) is 7.23. The van der Waals surface area contributed by atoms with E-state index in [-0.39, 0.29) is 13.1 Å². The van der Waals surface area contributed by atoms with E-state index in [9.17, 15) is 13.2 Å². The van der Waals surface area contributed by atoms with E-state index in [2.05, 4.69) is 0 Å². The van der Waals surface area contributed by atoms with Gasteiger partial charge in [-0.2, -0.15) is 0 Å². The second-order valence-electron chi connectivity index (χ2n) is 2.47. The molecule has 0 aromatic rings. The van der Waals surface area contributed by atoms with Crippen molar-refractivity contribution in [3.05, 3.63) is 0 Å². The number of aliphatic carboxylic acids is 1.